The topological polar surface area (TPSA) is 41.4 Å². The molecule has 0 atom stereocenters. The Balaban J connectivity index is 2.08. The molecule has 0 saturated heterocycles. The van der Waals surface area contributed by atoms with Crippen molar-refractivity contribution in [3.63, 3.8) is 0 Å². The molecule has 0 bridgehead atoms. The lowest BCUT2D eigenvalue weighted by atomic mass is 10.4. The SMILES string of the molecule is CN(N=Cc1ccccn1)c1ccccn1. The van der Waals surface area contributed by atoms with Crippen LogP contribution in [0, 0.1) is 0 Å². The Morgan fingerprint density at radius 3 is 2.44 bits per heavy atom. The first-order valence-corrected chi connectivity index (χ1v) is 4.96. The minimum atomic E-state index is 0.801. The van der Waals surface area contributed by atoms with Gasteiger partial charge in [-0.3, -0.25) is 9.99 Å². The van der Waals surface area contributed by atoms with Crippen LogP contribution in [0.5, 0.6) is 0 Å². The van der Waals surface area contributed by atoms with Gasteiger partial charge in [-0.1, -0.05) is 12.1 Å². The van der Waals surface area contributed by atoms with Gasteiger partial charge in [0.1, 0.15) is 5.82 Å². The largest absolute Gasteiger partial charge is 0.255 e. The molecule has 0 unspecified atom stereocenters. The molecule has 4 heteroatoms. The number of anilines is 1. The van der Waals surface area contributed by atoms with Crippen LogP contribution in [-0.4, -0.2) is 23.2 Å². The molecule has 2 heterocycles. The average molecular weight is 212 g/mol. The zero-order valence-electron chi connectivity index (χ0n) is 8.99. The van der Waals surface area contributed by atoms with Crippen LogP contribution in [0.1, 0.15) is 5.69 Å². The highest BCUT2D eigenvalue weighted by atomic mass is 15.5. The molecule has 0 N–H and O–H groups in total. The second-order valence-corrected chi connectivity index (χ2v) is 3.21. The number of hydrazone groups is 1. The summed E-state index contributed by atoms with van der Waals surface area (Å²) in [5.41, 5.74) is 0.824. The van der Waals surface area contributed by atoms with E-state index in [1.54, 1.807) is 23.6 Å². The van der Waals surface area contributed by atoms with E-state index in [1.807, 2.05) is 43.4 Å². The van der Waals surface area contributed by atoms with Gasteiger partial charge in [0.25, 0.3) is 0 Å². The first kappa shape index (κ1) is 10.3. The quantitative estimate of drug-likeness (QED) is 0.576. The number of rotatable bonds is 3. The number of pyridine rings is 2. The van der Waals surface area contributed by atoms with Crippen molar-refractivity contribution in [3.05, 3.63) is 54.5 Å². The third kappa shape index (κ3) is 2.63. The highest BCUT2D eigenvalue weighted by Crippen LogP contribution is 2.06. The van der Waals surface area contributed by atoms with Crippen LogP contribution < -0.4 is 5.01 Å². The zero-order valence-corrected chi connectivity index (χ0v) is 8.99. The maximum Gasteiger partial charge on any atom is 0.148 e. The highest BCUT2D eigenvalue weighted by Gasteiger charge is 1.96. The van der Waals surface area contributed by atoms with Crippen molar-refractivity contribution in [3.8, 4) is 0 Å². The van der Waals surface area contributed by atoms with Gasteiger partial charge in [0.15, 0.2) is 0 Å². The predicted octanol–water partition coefficient (Wildman–Crippen LogP) is 1.95. The minimum Gasteiger partial charge on any atom is -0.255 e. The van der Waals surface area contributed by atoms with E-state index in [2.05, 4.69) is 15.1 Å². The molecule has 0 aromatic carbocycles. The Morgan fingerprint density at radius 1 is 1.06 bits per heavy atom. The molecule has 0 aliphatic heterocycles. The van der Waals surface area contributed by atoms with Crippen molar-refractivity contribution >= 4 is 12.0 Å². The fourth-order valence-corrected chi connectivity index (χ4v) is 1.20. The molecular formula is C12H12N4. The van der Waals surface area contributed by atoms with Crippen molar-refractivity contribution in [2.45, 2.75) is 0 Å². The summed E-state index contributed by atoms with van der Waals surface area (Å²) < 4.78 is 0. The Hall–Kier alpha value is -2.23. The van der Waals surface area contributed by atoms with Crippen molar-refractivity contribution in [2.24, 2.45) is 5.10 Å². The lowest BCUT2D eigenvalue weighted by Crippen LogP contribution is -2.10. The molecule has 80 valence electrons. The van der Waals surface area contributed by atoms with Gasteiger partial charge < -0.3 is 0 Å². The van der Waals surface area contributed by atoms with E-state index in [0.29, 0.717) is 0 Å². The van der Waals surface area contributed by atoms with Crippen molar-refractivity contribution in [1.82, 2.24) is 9.97 Å². The molecule has 4 nitrogen and oxygen atoms in total. The second-order valence-electron chi connectivity index (χ2n) is 3.21. The molecule has 0 saturated carbocycles. The molecule has 0 radical (unpaired) electrons. The fourth-order valence-electron chi connectivity index (χ4n) is 1.20. The summed E-state index contributed by atoms with van der Waals surface area (Å²) in [6.45, 7) is 0. The number of hydrogen-bond donors (Lipinski definition) is 0. The third-order valence-corrected chi connectivity index (χ3v) is 2.03. The van der Waals surface area contributed by atoms with Gasteiger partial charge in [0.05, 0.1) is 11.9 Å². The molecule has 0 fully saturated rings. The summed E-state index contributed by atoms with van der Waals surface area (Å²) in [7, 11) is 1.85. The van der Waals surface area contributed by atoms with Gasteiger partial charge >= 0.3 is 0 Å². The smallest absolute Gasteiger partial charge is 0.148 e. The summed E-state index contributed by atoms with van der Waals surface area (Å²) >= 11 is 0. The maximum absolute atomic E-state index is 4.25. The molecule has 2 rings (SSSR count). The van der Waals surface area contributed by atoms with Crippen LogP contribution in [0.3, 0.4) is 0 Å². The monoisotopic (exact) mass is 212 g/mol. The minimum absolute atomic E-state index is 0.801. The van der Waals surface area contributed by atoms with Gasteiger partial charge in [-0.05, 0) is 24.3 Å². The van der Waals surface area contributed by atoms with Gasteiger partial charge in [0.2, 0.25) is 0 Å². The molecule has 0 aliphatic rings. The standard InChI is InChI=1S/C12H12N4/c1-16(12-7-3-5-9-14-12)15-10-11-6-2-4-8-13-11/h2-10H,1H3. The average Bonchev–Trinajstić information content (AvgIpc) is 2.38. The molecule has 2 aromatic rings. The van der Waals surface area contributed by atoms with Crippen LogP contribution in [0.15, 0.2) is 53.9 Å². The summed E-state index contributed by atoms with van der Waals surface area (Å²) in [5.74, 6) is 0.801. The Kier molecular flexibility index (Phi) is 3.23. The predicted molar refractivity (Wildman–Crippen MR) is 64.5 cm³/mol. The number of aromatic nitrogens is 2. The van der Waals surface area contributed by atoms with Crippen LogP contribution in [0.2, 0.25) is 0 Å². The number of hydrogen-bond acceptors (Lipinski definition) is 4. The second kappa shape index (κ2) is 5.02. The van der Waals surface area contributed by atoms with Gasteiger partial charge in [-0.25, -0.2) is 4.98 Å². The fraction of sp³-hybridized carbons (Fsp3) is 0.0833. The Morgan fingerprint density at radius 2 is 1.81 bits per heavy atom. The Labute approximate surface area is 94.3 Å². The highest BCUT2D eigenvalue weighted by molar-refractivity contribution is 5.77. The van der Waals surface area contributed by atoms with Gasteiger partial charge in [0, 0.05) is 19.4 Å². The first-order chi connectivity index (χ1) is 7.86. The van der Waals surface area contributed by atoms with Gasteiger partial charge in [-0.2, -0.15) is 5.10 Å². The lowest BCUT2D eigenvalue weighted by molar-refractivity contribution is 0.981. The third-order valence-electron chi connectivity index (χ3n) is 2.03. The summed E-state index contributed by atoms with van der Waals surface area (Å²) in [6, 6.07) is 11.4. The molecule has 0 amide bonds. The van der Waals surface area contributed by atoms with E-state index in [0.717, 1.165) is 11.5 Å². The molecule has 16 heavy (non-hydrogen) atoms. The van der Waals surface area contributed by atoms with Crippen molar-refractivity contribution in [1.29, 1.82) is 0 Å². The lowest BCUT2D eigenvalue weighted by Gasteiger charge is -2.10. The maximum atomic E-state index is 4.25. The van der Waals surface area contributed by atoms with E-state index in [9.17, 15) is 0 Å². The van der Waals surface area contributed by atoms with Gasteiger partial charge in [-0.15, -0.1) is 0 Å². The molecule has 2 aromatic heterocycles. The molecule has 0 aliphatic carbocycles. The first-order valence-electron chi connectivity index (χ1n) is 4.96. The summed E-state index contributed by atoms with van der Waals surface area (Å²) in [5, 5.41) is 5.95. The molecular weight excluding hydrogens is 200 g/mol. The summed E-state index contributed by atoms with van der Waals surface area (Å²) in [4.78, 5) is 8.33. The van der Waals surface area contributed by atoms with Crippen LogP contribution in [0.25, 0.3) is 0 Å². The normalized spacial score (nSPS) is 10.6. The van der Waals surface area contributed by atoms with E-state index >= 15 is 0 Å². The van der Waals surface area contributed by atoms with Crippen molar-refractivity contribution < 1.29 is 0 Å². The van der Waals surface area contributed by atoms with Crippen molar-refractivity contribution in [2.75, 3.05) is 12.1 Å². The number of nitrogens with zero attached hydrogens (tertiary/aromatic N) is 4. The van der Waals surface area contributed by atoms with E-state index in [-0.39, 0.29) is 0 Å². The van der Waals surface area contributed by atoms with Crippen LogP contribution in [-0.2, 0) is 0 Å². The van der Waals surface area contributed by atoms with Crippen LogP contribution in [0.4, 0.5) is 5.82 Å². The van der Waals surface area contributed by atoms with E-state index in [1.165, 1.54) is 0 Å². The van der Waals surface area contributed by atoms with E-state index in [4.69, 9.17) is 0 Å². The summed E-state index contributed by atoms with van der Waals surface area (Å²) in [6.07, 6.45) is 5.18. The molecule has 0 spiro atoms. The van der Waals surface area contributed by atoms with E-state index < -0.39 is 0 Å². The van der Waals surface area contributed by atoms with Crippen LogP contribution >= 0.6 is 0 Å². The Bertz CT molecular complexity index is 453. The zero-order chi connectivity index (χ0) is 11.2.